The maximum absolute atomic E-state index is 11.3. The number of quaternary nitrogens is 1. The lowest BCUT2D eigenvalue weighted by Gasteiger charge is -2.37. The summed E-state index contributed by atoms with van der Waals surface area (Å²) in [6.45, 7) is 1.38. The molecule has 0 spiro atoms. The lowest BCUT2D eigenvalue weighted by atomic mass is 9.82. The van der Waals surface area contributed by atoms with Gasteiger partial charge in [0.1, 0.15) is 17.0 Å². The fourth-order valence-corrected chi connectivity index (χ4v) is 3.35. The first-order valence-electron chi connectivity index (χ1n) is 6.32. The molecule has 21 heavy (non-hydrogen) atoms. The second-order valence-corrected chi connectivity index (χ2v) is 6.04. The molecule has 2 heterocycles. The maximum atomic E-state index is 11.3. The summed E-state index contributed by atoms with van der Waals surface area (Å²) in [5.74, 6) is -2.02. The van der Waals surface area contributed by atoms with Gasteiger partial charge in [-0.3, -0.25) is 0 Å². The van der Waals surface area contributed by atoms with Gasteiger partial charge in [-0.05, 0) is 6.92 Å². The van der Waals surface area contributed by atoms with E-state index in [9.17, 15) is 14.7 Å². The van der Waals surface area contributed by atoms with E-state index in [0.29, 0.717) is 0 Å². The average molecular weight is 341 g/mol. The highest BCUT2D eigenvalue weighted by Crippen LogP contribution is 2.58. The molecule has 2 fully saturated rings. The second kappa shape index (κ2) is 5.73. The highest BCUT2D eigenvalue weighted by atomic mass is 35.5. The number of hydrogen-bond donors (Lipinski definition) is 2. The van der Waals surface area contributed by atoms with E-state index in [1.807, 2.05) is 0 Å². The molecular weight excluding hydrogens is 325 g/mol. The lowest BCUT2D eigenvalue weighted by molar-refractivity contribution is -0.970. The summed E-state index contributed by atoms with van der Waals surface area (Å²) in [6, 6.07) is -0.364. The number of aliphatic hydroxyl groups is 1. The van der Waals surface area contributed by atoms with Gasteiger partial charge >= 0.3 is 11.9 Å². The molecule has 0 amide bonds. The largest absolute Gasteiger partial charge is 0.477 e. The van der Waals surface area contributed by atoms with Crippen molar-refractivity contribution >= 4 is 35.1 Å². The lowest BCUT2D eigenvalue weighted by Crippen LogP contribution is -2.62. The SMILES string of the molecule is COC(=O)/C(Cl)=C(\Cl)C[C@@H]1[C@@H](C(C)O)C2O[N@@+]21CC(=O)O. The molecule has 2 N–H and O–H groups in total. The normalized spacial score (nSPS) is 36.0. The molecule has 0 aromatic rings. The third kappa shape index (κ3) is 2.76. The van der Waals surface area contributed by atoms with Crippen molar-refractivity contribution in [2.24, 2.45) is 5.92 Å². The number of hydroxylamine groups is 3. The van der Waals surface area contributed by atoms with Crippen LogP contribution in [-0.2, 0) is 19.2 Å². The van der Waals surface area contributed by atoms with Gasteiger partial charge in [0.25, 0.3) is 6.23 Å². The minimum Gasteiger partial charge on any atom is -0.477 e. The van der Waals surface area contributed by atoms with Gasteiger partial charge in [-0.25, -0.2) is 9.59 Å². The number of hydrogen-bond acceptors (Lipinski definition) is 5. The van der Waals surface area contributed by atoms with Crippen LogP contribution in [0.25, 0.3) is 0 Å². The van der Waals surface area contributed by atoms with E-state index in [1.165, 1.54) is 7.11 Å². The standard InChI is InChI=1S/C12H15Cl2NO6/c1-5(16)9-7(3-6(13)10(14)12(19)20-2)15(4-8(17)18)11(9)21-15/h5,7,9,11,16H,3-4H2,1-2H3/p+1/b10-6+/t5?,7-,9-,11?,15-/m1/s1. The number of ether oxygens (including phenoxy) is 1. The van der Waals surface area contributed by atoms with Gasteiger partial charge < -0.3 is 14.9 Å². The quantitative estimate of drug-likeness (QED) is 0.321. The predicted octanol–water partition coefficient (Wildman–Crippen LogP) is 0.791. The van der Waals surface area contributed by atoms with Crippen LogP contribution in [0.4, 0.5) is 0 Å². The molecule has 2 unspecified atom stereocenters. The summed E-state index contributed by atoms with van der Waals surface area (Å²) in [5, 5.41) is 18.5. The van der Waals surface area contributed by atoms with E-state index in [2.05, 4.69) is 4.74 Å². The van der Waals surface area contributed by atoms with Crippen molar-refractivity contribution in [1.29, 1.82) is 0 Å². The predicted molar refractivity (Wildman–Crippen MR) is 72.0 cm³/mol. The fraction of sp³-hybridized carbons (Fsp3) is 0.667. The van der Waals surface area contributed by atoms with Gasteiger partial charge in [0.15, 0.2) is 0 Å². The summed E-state index contributed by atoms with van der Waals surface area (Å²) < 4.78 is 4.38. The Morgan fingerprint density at radius 2 is 2.05 bits per heavy atom. The third-order valence-electron chi connectivity index (χ3n) is 3.95. The molecule has 2 aliphatic heterocycles. The zero-order valence-corrected chi connectivity index (χ0v) is 13.0. The molecule has 0 aliphatic carbocycles. The van der Waals surface area contributed by atoms with Crippen LogP contribution in [0.5, 0.6) is 0 Å². The van der Waals surface area contributed by atoms with Crippen LogP contribution < -0.4 is 0 Å². The first kappa shape index (κ1) is 16.5. The minimum atomic E-state index is -1.01. The Labute approximate surface area is 131 Å². The number of aliphatic hydroxyl groups excluding tert-OH is 1. The van der Waals surface area contributed by atoms with Crippen molar-refractivity contribution in [3.8, 4) is 0 Å². The first-order chi connectivity index (χ1) is 9.74. The van der Waals surface area contributed by atoms with Crippen molar-refractivity contribution in [3.63, 3.8) is 0 Å². The maximum Gasteiger partial charge on any atom is 0.362 e. The topological polar surface area (TPSA) is 96.4 Å². The molecule has 2 rings (SSSR count). The van der Waals surface area contributed by atoms with Crippen molar-refractivity contribution in [2.45, 2.75) is 31.7 Å². The number of carboxylic acid groups (broad SMARTS) is 1. The van der Waals surface area contributed by atoms with Crippen molar-refractivity contribution in [1.82, 2.24) is 0 Å². The summed E-state index contributed by atoms with van der Waals surface area (Å²) in [6.07, 6.45) is -0.883. The number of esters is 1. The number of rotatable bonds is 6. The van der Waals surface area contributed by atoms with Crippen LogP contribution >= 0.6 is 23.2 Å². The van der Waals surface area contributed by atoms with Crippen LogP contribution in [0.3, 0.4) is 0 Å². The van der Waals surface area contributed by atoms with Crippen LogP contribution in [0.15, 0.2) is 10.1 Å². The van der Waals surface area contributed by atoms with Gasteiger partial charge in [0.05, 0.1) is 18.2 Å². The Hall–Kier alpha value is -0.860. The number of aliphatic carboxylic acids is 1. The number of carboxylic acids is 1. The Bertz CT molecular complexity index is 508. The zero-order chi connectivity index (χ0) is 15.9. The molecular formula is C12H16Cl2NO6+. The van der Waals surface area contributed by atoms with Gasteiger partial charge in [-0.1, -0.05) is 23.2 Å². The molecule has 2 aliphatic rings. The average Bonchev–Trinajstić information content (AvgIpc) is 3.00. The van der Waals surface area contributed by atoms with E-state index in [4.69, 9.17) is 33.1 Å². The molecule has 118 valence electrons. The highest BCUT2D eigenvalue weighted by Gasteiger charge is 2.82. The Balaban J connectivity index is 2.15. The van der Waals surface area contributed by atoms with E-state index in [-0.39, 0.29) is 45.9 Å². The van der Waals surface area contributed by atoms with E-state index < -0.39 is 18.0 Å². The van der Waals surface area contributed by atoms with E-state index >= 15 is 0 Å². The Morgan fingerprint density at radius 1 is 1.43 bits per heavy atom. The molecule has 0 aromatic carbocycles. The van der Waals surface area contributed by atoms with Crippen LogP contribution in [-0.4, -0.2) is 58.8 Å². The van der Waals surface area contributed by atoms with Crippen molar-refractivity contribution in [3.05, 3.63) is 10.1 Å². The van der Waals surface area contributed by atoms with Gasteiger partial charge in [0, 0.05) is 6.42 Å². The van der Waals surface area contributed by atoms with Gasteiger partial charge in [0.2, 0.25) is 6.54 Å². The smallest absolute Gasteiger partial charge is 0.362 e. The molecule has 0 aromatic heterocycles. The molecule has 0 saturated carbocycles. The van der Waals surface area contributed by atoms with Crippen LogP contribution in [0.1, 0.15) is 13.3 Å². The van der Waals surface area contributed by atoms with Crippen molar-refractivity contribution in [2.75, 3.05) is 13.7 Å². The number of carbonyl (C=O) groups excluding carboxylic acids is 1. The molecule has 0 radical (unpaired) electrons. The number of nitrogens with zero attached hydrogens (tertiary/aromatic N) is 1. The number of carbonyl (C=O) groups is 2. The molecule has 5 atom stereocenters. The first-order valence-corrected chi connectivity index (χ1v) is 7.08. The minimum absolute atomic E-state index is 0.0657. The molecule has 0 bridgehead atoms. The van der Waals surface area contributed by atoms with Crippen LogP contribution in [0.2, 0.25) is 0 Å². The number of fused-ring (bicyclic) bond motifs is 1. The molecule has 9 heteroatoms. The Morgan fingerprint density at radius 3 is 2.52 bits per heavy atom. The number of halogens is 2. The molecule has 2 saturated heterocycles. The highest BCUT2D eigenvalue weighted by molar-refractivity contribution is 6.47. The van der Waals surface area contributed by atoms with E-state index in [1.54, 1.807) is 6.92 Å². The molecule has 7 nitrogen and oxygen atoms in total. The summed E-state index contributed by atoms with van der Waals surface area (Å²) in [7, 11) is 1.18. The second-order valence-electron chi connectivity index (χ2n) is 5.20. The van der Waals surface area contributed by atoms with Crippen LogP contribution in [0, 0.1) is 5.92 Å². The van der Waals surface area contributed by atoms with Crippen molar-refractivity contribution < 1.29 is 34.0 Å². The summed E-state index contributed by atoms with van der Waals surface area (Å²) >= 11 is 11.8. The van der Waals surface area contributed by atoms with Gasteiger partial charge in [-0.2, -0.15) is 0 Å². The third-order valence-corrected chi connectivity index (χ3v) is 4.78. The van der Waals surface area contributed by atoms with Gasteiger partial charge in [-0.15, -0.1) is 9.48 Å². The van der Waals surface area contributed by atoms with E-state index in [0.717, 1.165) is 0 Å². The summed E-state index contributed by atoms with van der Waals surface area (Å²) in [4.78, 5) is 27.7. The summed E-state index contributed by atoms with van der Waals surface area (Å²) in [5.41, 5.74) is 0. The Kier molecular flexibility index (Phi) is 4.51. The monoisotopic (exact) mass is 340 g/mol. The fourth-order valence-electron chi connectivity index (χ4n) is 2.96. The zero-order valence-electron chi connectivity index (χ0n) is 11.5. The number of methoxy groups -OCH3 is 1.